The molecule has 0 saturated carbocycles. The number of ether oxygens (including phenoxy) is 1. The van der Waals surface area contributed by atoms with Crippen LogP contribution in [0.2, 0.25) is 0 Å². The molecule has 0 aromatic heterocycles. The molecule has 6 heteroatoms. The molecule has 0 aliphatic heterocycles. The number of esters is 1. The molecule has 0 fully saturated rings. The number of hydrogen-bond acceptors (Lipinski definition) is 6. The first kappa shape index (κ1) is 15.0. The van der Waals surface area contributed by atoms with Gasteiger partial charge in [-0.25, -0.2) is 0 Å². The molecule has 2 atom stereocenters. The molecule has 94 valence electrons. The van der Waals surface area contributed by atoms with Gasteiger partial charge >= 0.3 is 5.97 Å². The van der Waals surface area contributed by atoms with Crippen LogP contribution in [0, 0.1) is 5.92 Å². The molecule has 0 amide bonds. The van der Waals surface area contributed by atoms with E-state index in [2.05, 4.69) is 0 Å². The van der Waals surface area contributed by atoms with Crippen molar-refractivity contribution in [2.75, 3.05) is 19.8 Å². The van der Waals surface area contributed by atoms with Crippen LogP contribution in [-0.4, -0.2) is 53.0 Å². The van der Waals surface area contributed by atoms with Crippen LogP contribution in [0.5, 0.6) is 0 Å². The van der Waals surface area contributed by atoms with Gasteiger partial charge in [0.25, 0.3) is 0 Å². The fraction of sp³-hybridized carbons (Fsp3) is 0.800. The van der Waals surface area contributed by atoms with E-state index in [0.717, 1.165) is 0 Å². The first-order valence-corrected chi connectivity index (χ1v) is 5.06. The van der Waals surface area contributed by atoms with Crippen LogP contribution in [0.4, 0.5) is 0 Å². The van der Waals surface area contributed by atoms with Crippen molar-refractivity contribution in [2.24, 2.45) is 5.92 Å². The third-order valence-corrected chi connectivity index (χ3v) is 2.12. The van der Waals surface area contributed by atoms with Crippen LogP contribution >= 0.6 is 0 Å². The highest BCUT2D eigenvalue weighted by molar-refractivity contribution is 5.94. The Labute approximate surface area is 93.8 Å². The van der Waals surface area contributed by atoms with E-state index in [-0.39, 0.29) is 31.8 Å². The third-order valence-electron chi connectivity index (χ3n) is 2.12. The summed E-state index contributed by atoms with van der Waals surface area (Å²) in [5.41, 5.74) is 0. The van der Waals surface area contributed by atoms with Crippen LogP contribution in [0.1, 0.15) is 19.8 Å². The van der Waals surface area contributed by atoms with E-state index in [1.165, 1.54) is 6.92 Å². The van der Waals surface area contributed by atoms with Gasteiger partial charge in [-0.05, 0) is 13.3 Å². The van der Waals surface area contributed by atoms with Gasteiger partial charge < -0.3 is 20.1 Å². The first-order chi connectivity index (χ1) is 7.54. The molecule has 6 nitrogen and oxygen atoms in total. The zero-order valence-electron chi connectivity index (χ0n) is 9.26. The largest absolute Gasteiger partial charge is 0.459 e. The number of rotatable bonds is 8. The summed E-state index contributed by atoms with van der Waals surface area (Å²) < 4.78 is 4.84. The summed E-state index contributed by atoms with van der Waals surface area (Å²) in [6.07, 6.45) is -1.02. The minimum Gasteiger partial charge on any atom is -0.459 e. The highest BCUT2D eigenvalue weighted by Crippen LogP contribution is 2.12. The van der Waals surface area contributed by atoms with Crippen LogP contribution in [-0.2, 0) is 14.3 Å². The summed E-state index contributed by atoms with van der Waals surface area (Å²) >= 11 is 0. The molecule has 0 aromatic rings. The van der Waals surface area contributed by atoms with Crippen LogP contribution in [0.15, 0.2) is 0 Å². The molecule has 16 heavy (non-hydrogen) atoms. The lowest BCUT2D eigenvalue weighted by Crippen LogP contribution is -2.33. The van der Waals surface area contributed by atoms with Crippen LogP contribution in [0.3, 0.4) is 0 Å². The monoisotopic (exact) mass is 234 g/mol. The Morgan fingerprint density at radius 3 is 2.19 bits per heavy atom. The lowest BCUT2D eigenvalue weighted by atomic mass is 10.0. The number of Topliss-reactive ketones (excluding diaryl/α,β-unsaturated/α-hetero) is 1. The van der Waals surface area contributed by atoms with Gasteiger partial charge in [-0.2, -0.15) is 0 Å². The van der Waals surface area contributed by atoms with Gasteiger partial charge in [0.15, 0.2) is 0 Å². The molecule has 0 spiro atoms. The number of hydrogen-bond donors (Lipinski definition) is 3. The second kappa shape index (κ2) is 8.20. The Morgan fingerprint density at radius 1 is 1.19 bits per heavy atom. The van der Waals surface area contributed by atoms with Gasteiger partial charge in [-0.15, -0.1) is 0 Å². The number of ketones is 1. The molecule has 0 bridgehead atoms. The molecule has 2 unspecified atom stereocenters. The highest BCUT2D eigenvalue weighted by atomic mass is 16.6. The lowest BCUT2D eigenvalue weighted by molar-refractivity contribution is -0.157. The fourth-order valence-corrected chi connectivity index (χ4v) is 1.26. The Balaban J connectivity index is 4.25. The summed E-state index contributed by atoms with van der Waals surface area (Å²) in [5.74, 6) is -1.58. The number of aliphatic hydroxyl groups is 3. The van der Waals surface area contributed by atoms with Gasteiger partial charge in [0, 0.05) is 19.1 Å². The van der Waals surface area contributed by atoms with Crippen molar-refractivity contribution < 1.29 is 29.6 Å². The normalized spacial score (nSPS) is 14.2. The molecule has 0 aliphatic carbocycles. The van der Waals surface area contributed by atoms with Crippen molar-refractivity contribution in [2.45, 2.75) is 25.9 Å². The first-order valence-electron chi connectivity index (χ1n) is 5.06. The molecule has 0 rings (SSSR count). The maximum Gasteiger partial charge on any atom is 0.313 e. The predicted octanol–water partition coefficient (Wildman–Crippen LogP) is -1.14. The molecule has 0 aromatic carbocycles. The number of carbonyl (C=O) groups is 2. The van der Waals surface area contributed by atoms with E-state index in [1.807, 2.05) is 0 Å². The minimum atomic E-state index is -0.885. The van der Waals surface area contributed by atoms with Crippen molar-refractivity contribution in [3.63, 3.8) is 0 Å². The second-order valence-electron chi connectivity index (χ2n) is 3.54. The standard InChI is InChI=1S/C10H18O6/c1-7(14)4-10(15)16-9(6-13)8(5-12)2-3-11/h8-9,11-13H,2-6H2,1H3. The number of aliphatic hydroxyl groups excluding tert-OH is 3. The molecular weight excluding hydrogens is 216 g/mol. The summed E-state index contributed by atoms with van der Waals surface area (Å²) in [5, 5.41) is 26.7. The Bertz CT molecular complexity index is 227. The Morgan fingerprint density at radius 2 is 1.81 bits per heavy atom. The van der Waals surface area contributed by atoms with Crippen molar-refractivity contribution in [3.05, 3.63) is 0 Å². The summed E-state index contributed by atoms with van der Waals surface area (Å²) in [7, 11) is 0. The molecule has 0 heterocycles. The third kappa shape index (κ3) is 5.79. The highest BCUT2D eigenvalue weighted by Gasteiger charge is 2.24. The van der Waals surface area contributed by atoms with Crippen molar-refractivity contribution in [1.29, 1.82) is 0 Å². The smallest absolute Gasteiger partial charge is 0.313 e. The van der Waals surface area contributed by atoms with E-state index >= 15 is 0 Å². The van der Waals surface area contributed by atoms with E-state index in [9.17, 15) is 9.59 Å². The minimum absolute atomic E-state index is 0.175. The zero-order chi connectivity index (χ0) is 12.6. The summed E-state index contributed by atoms with van der Waals surface area (Å²) in [4.78, 5) is 21.8. The molecular formula is C10H18O6. The Hall–Kier alpha value is -0.980. The van der Waals surface area contributed by atoms with E-state index < -0.39 is 24.6 Å². The van der Waals surface area contributed by atoms with E-state index in [1.54, 1.807) is 0 Å². The van der Waals surface area contributed by atoms with E-state index in [0.29, 0.717) is 0 Å². The quantitative estimate of drug-likeness (QED) is 0.362. The average Bonchev–Trinajstić information content (AvgIpc) is 2.22. The van der Waals surface area contributed by atoms with Gasteiger partial charge in [-0.3, -0.25) is 9.59 Å². The van der Waals surface area contributed by atoms with Crippen LogP contribution in [0.25, 0.3) is 0 Å². The van der Waals surface area contributed by atoms with Crippen molar-refractivity contribution in [1.82, 2.24) is 0 Å². The molecule has 0 radical (unpaired) electrons. The molecule has 3 N–H and O–H groups in total. The van der Waals surface area contributed by atoms with Gasteiger partial charge in [0.05, 0.1) is 6.61 Å². The van der Waals surface area contributed by atoms with Gasteiger partial charge in [0.1, 0.15) is 18.3 Å². The predicted molar refractivity (Wildman–Crippen MR) is 54.5 cm³/mol. The number of carbonyl (C=O) groups excluding carboxylic acids is 2. The zero-order valence-corrected chi connectivity index (χ0v) is 9.26. The summed E-state index contributed by atoms with van der Waals surface area (Å²) in [6.45, 7) is 0.326. The maximum atomic E-state index is 11.1. The second-order valence-corrected chi connectivity index (χ2v) is 3.54. The van der Waals surface area contributed by atoms with Gasteiger partial charge in [-0.1, -0.05) is 0 Å². The lowest BCUT2D eigenvalue weighted by Gasteiger charge is -2.23. The average molecular weight is 234 g/mol. The van der Waals surface area contributed by atoms with Crippen LogP contribution < -0.4 is 0 Å². The van der Waals surface area contributed by atoms with Gasteiger partial charge in [0.2, 0.25) is 0 Å². The van der Waals surface area contributed by atoms with Crippen molar-refractivity contribution in [3.8, 4) is 0 Å². The fourth-order valence-electron chi connectivity index (χ4n) is 1.26. The topological polar surface area (TPSA) is 104 Å². The maximum absolute atomic E-state index is 11.1. The molecule has 0 saturated heterocycles. The van der Waals surface area contributed by atoms with Crippen molar-refractivity contribution >= 4 is 11.8 Å². The SMILES string of the molecule is CC(=O)CC(=O)OC(CO)C(CO)CCO. The summed E-state index contributed by atoms with van der Waals surface area (Å²) in [6, 6.07) is 0. The van der Waals surface area contributed by atoms with E-state index in [4.69, 9.17) is 20.1 Å². The molecule has 0 aliphatic rings. The Kier molecular flexibility index (Phi) is 7.70.